The van der Waals surface area contributed by atoms with Crippen LogP contribution in [-0.2, 0) is 4.79 Å². The topological polar surface area (TPSA) is 60.5 Å². The van der Waals surface area contributed by atoms with Gasteiger partial charge in [-0.15, -0.1) is 0 Å². The highest BCUT2D eigenvalue weighted by atomic mass is 35.5. The summed E-state index contributed by atoms with van der Waals surface area (Å²) in [5.41, 5.74) is 0.648. The smallest absolute Gasteiger partial charge is 0.387 e. The molecule has 0 fully saturated rings. The Hall–Kier alpha value is -2.93. The Balaban J connectivity index is 1.70. The number of amides is 1. The summed E-state index contributed by atoms with van der Waals surface area (Å²) in [6.07, 6.45) is 1.59. The van der Waals surface area contributed by atoms with Gasteiger partial charge in [-0.1, -0.05) is 23.7 Å². The van der Waals surface area contributed by atoms with E-state index < -0.39 is 12.5 Å². The third-order valence-corrected chi connectivity index (χ3v) is 3.75. The third-order valence-electron chi connectivity index (χ3n) is 3.42. The molecule has 0 aliphatic carbocycles. The Labute approximate surface area is 152 Å². The molecular formula is C18H13ClF2N2O3. The number of hydrogen-bond donors (Lipinski definition) is 1. The standard InChI is InChI=1S/C18H13ClF2N2O3/c19-12-7-8-15(17-11(12)4-3-9-22-17)25-10-16(24)23-13-5-1-2-6-14(13)26-18(20)21/h1-9,18H,10H2,(H,23,24). The first-order valence-electron chi connectivity index (χ1n) is 7.54. The van der Waals surface area contributed by atoms with Gasteiger partial charge < -0.3 is 14.8 Å². The lowest BCUT2D eigenvalue weighted by molar-refractivity contribution is -0.118. The van der Waals surface area contributed by atoms with Crippen LogP contribution in [0, 0.1) is 0 Å². The molecule has 26 heavy (non-hydrogen) atoms. The van der Waals surface area contributed by atoms with Crippen LogP contribution in [-0.4, -0.2) is 24.1 Å². The first-order chi connectivity index (χ1) is 12.5. The van der Waals surface area contributed by atoms with E-state index in [1.54, 1.807) is 36.5 Å². The van der Waals surface area contributed by atoms with Gasteiger partial charge in [0, 0.05) is 11.6 Å². The van der Waals surface area contributed by atoms with Gasteiger partial charge in [-0.3, -0.25) is 9.78 Å². The van der Waals surface area contributed by atoms with E-state index in [2.05, 4.69) is 15.0 Å². The van der Waals surface area contributed by atoms with Crippen LogP contribution in [0.15, 0.2) is 54.7 Å². The van der Waals surface area contributed by atoms with Gasteiger partial charge in [-0.05, 0) is 36.4 Å². The minimum absolute atomic E-state index is 0.125. The fourth-order valence-electron chi connectivity index (χ4n) is 2.33. The van der Waals surface area contributed by atoms with Crippen molar-refractivity contribution in [3.05, 3.63) is 59.8 Å². The molecule has 0 atom stereocenters. The molecule has 3 aromatic rings. The molecule has 2 aromatic carbocycles. The predicted octanol–water partition coefficient (Wildman–Crippen LogP) is 4.51. The second-order valence-electron chi connectivity index (χ2n) is 5.16. The molecule has 0 radical (unpaired) electrons. The molecule has 3 rings (SSSR count). The summed E-state index contributed by atoms with van der Waals surface area (Å²) in [6, 6.07) is 12.7. The van der Waals surface area contributed by atoms with Gasteiger partial charge in [0.1, 0.15) is 17.0 Å². The molecule has 1 heterocycles. The Morgan fingerprint density at radius 2 is 1.92 bits per heavy atom. The first kappa shape index (κ1) is 17.9. The molecule has 1 aromatic heterocycles. The number of para-hydroxylation sites is 2. The molecule has 0 aliphatic rings. The van der Waals surface area contributed by atoms with Crippen LogP contribution in [0.5, 0.6) is 11.5 Å². The number of aromatic nitrogens is 1. The molecule has 8 heteroatoms. The molecule has 1 amide bonds. The Morgan fingerprint density at radius 1 is 1.12 bits per heavy atom. The summed E-state index contributed by atoms with van der Waals surface area (Å²) in [6.45, 7) is -3.33. The lowest BCUT2D eigenvalue weighted by atomic mass is 10.2. The van der Waals surface area contributed by atoms with E-state index in [4.69, 9.17) is 16.3 Å². The zero-order valence-electron chi connectivity index (χ0n) is 13.3. The number of benzene rings is 2. The molecule has 1 N–H and O–H groups in total. The van der Waals surface area contributed by atoms with E-state index in [0.717, 1.165) is 0 Å². The van der Waals surface area contributed by atoms with Crippen LogP contribution in [0.4, 0.5) is 14.5 Å². The van der Waals surface area contributed by atoms with Gasteiger partial charge >= 0.3 is 6.61 Å². The number of anilines is 1. The molecule has 0 aliphatic heterocycles. The minimum Gasteiger partial charge on any atom is -0.481 e. The SMILES string of the molecule is O=C(COc1ccc(Cl)c2cccnc12)Nc1ccccc1OC(F)F. The van der Waals surface area contributed by atoms with E-state index in [0.29, 0.717) is 21.7 Å². The molecule has 5 nitrogen and oxygen atoms in total. The van der Waals surface area contributed by atoms with Gasteiger partial charge in [0.05, 0.1) is 10.7 Å². The summed E-state index contributed by atoms with van der Waals surface area (Å²) < 4.78 is 34.7. The monoisotopic (exact) mass is 378 g/mol. The van der Waals surface area contributed by atoms with Crippen molar-refractivity contribution in [2.75, 3.05) is 11.9 Å². The first-order valence-corrected chi connectivity index (χ1v) is 7.92. The highest BCUT2D eigenvalue weighted by molar-refractivity contribution is 6.35. The van der Waals surface area contributed by atoms with Crippen LogP contribution in [0.2, 0.25) is 5.02 Å². The van der Waals surface area contributed by atoms with Crippen molar-refractivity contribution in [2.45, 2.75) is 6.61 Å². The molecular weight excluding hydrogens is 366 g/mol. The molecule has 0 unspecified atom stereocenters. The maximum absolute atomic E-state index is 12.4. The largest absolute Gasteiger partial charge is 0.481 e. The average Bonchev–Trinajstić information content (AvgIpc) is 2.63. The van der Waals surface area contributed by atoms with Crippen molar-refractivity contribution in [1.29, 1.82) is 0 Å². The van der Waals surface area contributed by atoms with E-state index in [9.17, 15) is 13.6 Å². The van der Waals surface area contributed by atoms with Crippen LogP contribution in [0.25, 0.3) is 10.9 Å². The number of hydrogen-bond acceptors (Lipinski definition) is 4. The fourth-order valence-corrected chi connectivity index (χ4v) is 2.54. The molecule has 0 spiro atoms. The number of carbonyl (C=O) groups is 1. The molecule has 0 saturated heterocycles. The minimum atomic E-state index is -2.99. The number of carbonyl (C=O) groups excluding carboxylic acids is 1. The van der Waals surface area contributed by atoms with Gasteiger partial charge in [0.2, 0.25) is 0 Å². The predicted molar refractivity (Wildman–Crippen MR) is 94.0 cm³/mol. The number of halogens is 3. The van der Waals surface area contributed by atoms with Crippen molar-refractivity contribution in [2.24, 2.45) is 0 Å². The van der Waals surface area contributed by atoms with Crippen LogP contribution in [0.3, 0.4) is 0 Å². The van der Waals surface area contributed by atoms with Crippen molar-refractivity contribution in [3.63, 3.8) is 0 Å². The van der Waals surface area contributed by atoms with Gasteiger partial charge in [-0.25, -0.2) is 0 Å². The zero-order chi connectivity index (χ0) is 18.5. The lowest BCUT2D eigenvalue weighted by Crippen LogP contribution is -2.21. The highest BCUT2D eigenvalue weighted by Crippen LogP contribution is 2.30. The van der Waals surface area contributed by atoms with E-state index in [-0.39, 0.29) is 18.0 Å². The number of ether oxygens (including phenoxy) is 2. The van der Waals surface area contributed by atoms with Crippen molar-refractivity contribution >= 4 is 34.1 Å². The number of fused-ring (bicyclic) bond motifs is 1. The number of rotatable bonds is 6. The van der Waals surface area contributed by atoms with Crippen LogP contribution < -0.4 is 14.8 Å². The summed E-state index contributed by atoms with van der Waals surface area (Å²) in [4.78, 5) is 16.3. The maximum atomic E-state index is 12.4. The Morgan fingerprint density at radius 3 is 2.73 bits per heavy atom. The van der Waals surface area contributed by atoms with Crippen molar-refractivity contribution < 1.29 is 23.0 Å². The Kier molecular flexibility index (Phi) is 5.48. The van der Waals surface area contributed by atoms with E-state index in [1.165, 1.54) is 18.2 Å². The highest BCUT2D eigenvalue weighted by Gasteiger charge is 2.13. The summed E-state index contributed by atoms with van der Waals surface area (Å²) in [5.74, 6) is -0.277. The second-order valence-corrected chi connectivity index (χ2v) is 5.56. The quantitative estimate of drug-likeness (QED) is 0.685. The summed E-state index contributed by atoms with van der Waals surface area (Å²) in [5, 5.41) is 3.69. The molecule has 0 bridgehead atoms. The third kappa shape index (κ3) is 4.18. The second kappa shape index (κ2) is 7.97. The zero-order valence-corrected chi connectivity index (χ0v) is 14.0. The van der Waals surface area contributed by atoms with Gasteiger partial charge in [0.15, 0.2) is 6.61 Å². The number of alkyl halides is 2. The number of pyridine rings is 1. The number of nitrogens with one attached hydrogen (secondary N) is 1. The molecule has 134 valence electrons. The van der Waals surface area contributed by atoms with E-state index in [1.807, 2.05) is 0 Å². The number of nitrogens with zero attached hydrogens (tertiary/aromatic N) is 1. The lowest BCUT2D eigenvalue weighted by Gasteiger charge is -2.13. The van der Waals surface area contributed by atoms with Crippen molar-refractivity contribution in [1.82, 2.24) is 4.98 Å². The Bertz CT molecular complexity index is 937. The van der Waals surface area contributed by atoms with Crippen LogP contribution in [0.1, 0.15) is 0 Å². The maximum Gasteiger partial charge on any atom is 0.387 e. The van der Waals surface area contributed by atoms with Gasteiger partial charge in [-0.2, -0.15) is 8.78 Å². The molecule has 0 saturated carbocycles. The van der Waals surface area contributed by atoms with Crippen molar-refractivity contribution in [3.8, 4) is 11.5 Å². The van der Waals surface area contributed by atoms with Gasteiger partial charge in [0.25, 0.3) is 5.91 Å². The van der Waals surface area contributed by atoms with E-state index >= 15 is 0 Å². The normalized spacial score (nSPS) is 10.8. The summed E-state index contributed by atoms with van der Waals surface area (Å²) >= 11 is 6.11. The fraction of sp³-hybridized carbons (Fsp3) is 0.111. The van der Waals surface area contributed by atoms with Crippen LogP contribution >= 0.6 is 11.6 Å². The summed E-state index contributed by atoms with van der Waals surface area (Å²) in [7, 11) is 0. The average molecular weight is 379 g/mol.